The summed E-state index contributed by atoms with van der Waals surface area (Å²) >= 11 is 3.58. The van der Waals surface area contributed by atoms with Crippen LogP contribution in [0.4, 0.5) is 0 Å². The van der Waals surface area contributed by atoms with E-state index in [-0.39, 0.29) is 5.91 Å². The van der Waals surface area contributed by atoms with Crippen LogP contribution in [0.2, 0.25) is 0 Å². The summed E-state index contributed by atoms with van der Waals surface area (Å²) in [6, 6.07) is 2.04. The fourth-order valence-corrected chi connectivity index (χ4v) is 4.03. The van der Waals surface area contributed by atoms with Crippen LogP contribution < -0.4 is 5.32 Å². The molecule has 0 saturated heterocycles. The summed E-state index contributed by atoms with van der Waals surface area (Å²) in [7, 11) is 0. The smallest absolute Gasteiger partial charge is 0.261 e. The van der Waals surface area contributed by atoms with Crippen molar-refractivity contribution < 1.29 is 4.79 Å². The van der Waals surface area contributed by atoms with Gasteiger partial charge in [0.15, 0.2) is 0 Å². The van der Waals surface area contributed by atoms with E-state index in [1.807, 2.05) is 17.8 Å². The highest BCUT2D eigenvalue weighted by Crippen LogP contribution is 2.31. The Kier molecular flexibility index (Phi) is 4.52. The van der Waals surface area contributed by atoms with Crippen molar-refractivity contribution in [3.8, 4) is 12.3 Å². The Hall–Kier alpha value is -0.920. The number of unbranched alkanes of at least 4 members (excludes halogenated alkanes) is 1. The first-order valence-corrected chi connectivity index (χ1v) is 7.69. The molecule has 1 aliphatic heterocycles. The van der Waals surface area contributed by atoms with E-state index >= 15 is 0 Å². The van der Waals surface area contributed by atoms with Gasteiger partial charge in [0.1, 0.15) is 0 Å². The van der Waals surface area contributed by atoms with Crippen molar-refractivity contribution in [3.05, 3.63) is 21.4 Å². The van der Waals surface area contributed by atoms with Gasteiger partial charge < -0.3 is 5.32 Å². The molecule has 1 aliphatic rings. The number of aryl methyl sites for hydroxylation is 1. The number of rotatable bonds is 4. The maximum absolute atomic E-state index is 11.9. The minimum Gasteiger partial charge on any atom is -0.351 e. The molecule has 0 aliphatic carbocycles. The Labute approximate surface area is 110 Å². The van der Waals surface area contributed by atoms with E-state index in [1.165, 1.54) is 16.2 Å². The number of nitrogens with one attached hydrogen (secondary N) is 1. The quantitative estimate of drug-likeness (QED) is 0.670. The summed E-state index contributed by atoms with van der Waals surface area (Å²) in [5.74, 6) is 4.85. The Bertz CT molecular complexity index is 421. The molecule has 1 aromatic rings. The molecule has 0 saturated carbocycles. The lowest BCUT2D eigenvalue weighted by molar-refractivity contribution is 0.0957. The van der Waals surface area contributed by atoms with Crippen molar-refractivity contribution in [1.29, 1.82) is 0 Å². The van der Waals surface area contributed by atoms with Crippen LogP contribution in [0.15, 0.2) is 6.07 Å². The van der Waals surface area contributed by atoms with Crippen LogP contribution in [0.3, 0.4) is 0 Å². The fourth-order valence-electron chi connectivity index (χ4n) is 1.74. The molecule has 0 unspecified atom stereocenters. The maximum atomic E-state index is 11.9. The van der Waals surface area contributed by atoms with Gasteiger partial charge in [-0.25, -0.2) is 0 Å². The van der Waals surface area contributed by atoms with Crippen LogP contribution in [0.1, 0.15) is 33.0 Å². The summed E-state index contributed by atoms with van der Waals surface area (Å²) in [6.07, 6.45) is 7.84. The SMILES string of the molecule is C#CCCCNC(=O)c1cc2c(s1)CCSC2. The summed E-state index contributed by atoms with van der Waals surface area (Å²) < 4.78 is 0. The molecule has 2 nitrogen and oxygen atoms in total. The van der Waals surface area contributed by atoms with Gasteiger partial charge in [-0.2, -0.15) is 11.8 Å². The third-order valence-electron chi connectivity index (χ3n) is 2.63. The number of hydrogen-bond acceptors (Lipinski definition) is 3. The zero-order valence-electron chi connectivity index (χ0n) is 9.62. The fraction of sp³-hybridized carbons (Fsp3) is 0.462. The topological polar surface area (TPSA) is 29.1 Å². The Morgan fingerprint density at radius 3 is 3.24 bits per heavy atom. The third-order valence-corrected chi connectivity index (χ3v) is 4.88. The lowest BCUT2D eigenvalue weighted by Crippen LogP contribution is -2.23. The number of carbonyl (C=O) groups excluding carboxylic acids is 1. The number of fused-ring (bicyclic) bond motifs is 1. The molecule has 90 valence electrons. The van der Waals surface area contributed by atoms with Gasteiger partial charge in [-0.05, 0) is 30.2 Å². The van der Waals surface area contributed by atoms with Crippen LogP contribution in [0.25, 0.3) is 0 Å². The van der Waals surface area contributed by atoms with Gasteiger partial charge in [0.25, 0.3) is 5.91 Å². The van der Waals surface area contributed by atoms with Crippen molar-refractivity contribution >= 4 is 29.0 Å². The highest BCUT2D eigenvalue weighted by atomic mass is 32.2. The zero-order chi connectivity index (χ0) is 12.1. The molecule has 2 heterocycles. The molecule has 17 heavy (non-hydrogen) atoms. The predicted octanol–water partition coefficient (Wildman–Crippen LogP) is 2.68. The predicted molar refractivity (Wildman–Crippen MR) is 74.6 cm³/mol. The molecular weight excluding hydrogens is 250 g/mol. The lowest BCUT2D eigenvalue weighted by Gasteiger charge is -2.08. The van der Waals surface area contributed by atoms with Crippen molar-refractivity contribution in [2.75, 3.05) is 12.3 Å². The second kappa shape index (κ2) is 6.13. The second-order valence-corrected chi connectivity index (χ2v) is 6.17. The number of thioether (sulfide) groups is 1. The molecule has 0 aromatic carbocycles. The van der Waals surface area contributed by atoms with E-state index in [1.54, 1.807) is 11.3 Å². The third kappa shape index (κ3) is 3.27. The summed E-state index contributed by atoms with van der Waals surface area (Å²) in [5.41, 5.74) is 1.35. The Morgan fingerprint density at radius 2 is 2.47 bits per heavy atom. The van der Waals surface area contributed by atoms with E-state index in [0.717, 1.165) is 29.9 Å². The average molecular weight is 265 g/mol. The molecule has 1 aromatic heterocycles. The van der Waals surface area contributed by atoms with Crippen LogP contribution in [0, 0.1) is 12.3 Å². The number of terminal acetylenes is 1. The average Bonchev–Trinajstić information content (AvgIpc) is 2.78. The Morgan fingerprint density at radius 1 is 1.59 bits per heavy atom. The van der Waals surface area contributed by atoms with E-state index in [2.05, 4.69) is 11.2 Å². The van der Waals surface area contributed by atoms with E-state index < -0.39 is 0 Å². The minimum absolute atomic E-state index is 0.0476. The van der Waals surface area contributed by atoms with Gasteiger partial charge in [-0.3, -0.25) is 4.79 Å². The van der Waals surface area contributed by atoms with Gasteiger partial charge in [0.2, 0.25) is 0 Å². The first kappa shape index (κ1) is 12.5. The normalized spacial score (nSPS) is 13.8. The molecule has 0 atom stereocenters. The molecule has 4 heteroatoms. The zero-order valence-corrected chi connectivity index (χ0v) is 11.3. The van der Waals surface area contributed by atoms with E-state index in [0.29, 0.717) is 6.54 Å². The first-order chi connectivity index (χ1) is 8.31. The van der Waals surface area contributed by atoms with Crippen LogP contribution in [-0.4, -0.2) is 18.2 Å². The number of carbonyl (C=O) groups is 1. The molecule has 0 bridgehead atoms. The Balaban J connectivity index is 1.91. The molecule has 0 fully saturated rings. The number of hydrogen-bond donors (Lipinski definition) is 1. The largest absolute Gasteiger partial charge is 0.351 e. The summed E-state index contributed by atoms with van der Waals surface area (Å²) in [5, 5.41) is 2.91. The highest BCUT2D eigenvalue weighted by Gasteiger charge is 2.16. The summed E-state index contributed by atoms with van der Waals surface area (Å²) in [6.45, 7) is 0.667. The number of amides is 1. The molecule has 1 amide bonds. The van der Waals surface area contributed by atoms with Crippen LogP contribution >= 0.6 is 23.1 Å². The molecule has 0 spiro atoms. The van der Waals surface area contributed by atoms with Crippen LogP contribution in [-0.2, 0) is 12.2 Å². The molecular formula is C13H15NOS2. The van der Waals surface area contributed by atoms with Crippen molar-refractivity contribution in [3.63, 3.8) is 0 Å². The minimum atomic E-state index is 0.0476. The number of thiophene rings is 1. The molecule has 0 radical (unpaired) electrons. The van der Waals surface area contributed by atoms with Crippen LogP contribution in [0.5, 0.6) is 0 Å². The van der Waals surface area contributed by atoms with Gasteiger partial charge in [0, 0.05) is 23.6 Å². The van der Waals surface area contributed by atoms with Crippen molar-refractivity contribution in [1.82, 2.24) is 5.32 Å². The monoisotopic (exact) mass is 265 g/mol. The van der Waals surface area contributed by atoms with Gasteiger partial charge in [-0.1, -0.05) is 0 Å². The maximum Gasteiger partial charge on any atom is 0.261 e. The standard InChI is InChI=1S/C13H15NOS2/c1-2-3-4-6-14-13(15)12-8-10-9-16-7-5-11(10)17-12/h1,8H,3-7,9H2,(H,14,15). The van der Waals surface area contributed by atoms with E-state index in [9.17, 15) is 4.79 Å². The van der Waals surface area contributed by atoms with Crippen molar-refractivity contribution in [2.24, 2.45) is 0 Å². The highest BCUT2D eigenvalue weighted by molar-refractivity contribution is 7.98. The summed E-state index contributed by atoms with van der Waals surface area (Å²) in [4.78, 5) is 14.1. The lowest BCUT2D eigenvalue weighted by atomic mass is 10.2. The first-order valence-electron chi connectivity index (χ1n) is 5.72. The van der Waals surface area contributed by atoms with Gasteiger partial charge >= 0.3 is 0 Å². The van der Waals surface area contributed by atoms with Crippen molar-refractivity contribution in [2.45, 2.75) is 25.0 Å². The van der Waals surface area contributed by atoms with Gasteiger partial charge in [0.05, 0.1) is 4.88 Å². The molecule has 2 rings (SSSR count). The second-order valence-electron chi connectivity index (χ2n) is 3.93. The van der Waals surface area contributed by atoms with Gasteiger partial charge in [-0.15, -0.1) is 23.7 Å². The molecule has 1 N–H and O–H groups in total. The van der Waals surface area contributed by atoms with E-state index in [4.69, 9.17) is 6.42 Å².